The molecule has 3 heteroatoms. The first-order chi connectivity index (χ1) is 9.71. The van der Waals surface area contributed by atoms with Gasteiger partial charge in [-0.05, 0) is 61.8 Å². The molecule has 1 aromatic carbocycles. The summed E-state index contributed by atoms with van der Waals surface area (Å²) in [6, 6.07) is 7.43. The standard InChI is InChI=1S/C17H20O3/c1-19-11-8-13-2-4-15(5-3-13)16(18)20-17-9-6-14(12-17)7-10-17/h2-5,8,11,14H,6-7,9-10,12H2,1H3. The van der Waals surface area contributed by atoms with Crippen molar-refractivity contribution in [2.24, 2.45) is 5.92 Å². The second-order valence-electron chi connectivity index (χ2n) is 5.88. The highest BCUT2D eigenvalue weighted by molar-refractivity contribution is 5.90. The van der Waals surface area contributed by atoms with Gasteiger partial charge in [0, 0.05) is 0 Å². The average Bonchev–Trinajstić information content (AvgIpc) is 3.05. The van der Waals surface area contributed by atoms with Crippen molar-refractivity contribution in [2.75, 3.05) is 7.11 Å². The molecule has 0 unspecified atom stereocenters. The Morgan fingerprint density at radius 1 is 1.25 bits per heavy atom. The number of esters is 1. The lowest BCUT2D eigenvalue weighted by molar-refractivity contribution is -0.0131. The Morgan fingerprint density at radius 2 is 1.95 bits per heavy atom. The van der Waals surface area contributed by atoms with Crippen molar-refractivity contribution >= 4 is 12.0 Å². The minimum atomic E-state index is -0.185. The van der Waals surface area contributed by atoms with E-state index in [9.17, 15) is 4.79 Å². The summed E-state index contributed by atoms with van der Waals surface area (Å²) in [7, 11) is 1.61. The molecule has 0 saturated heterocycles. The number of methoxy groups -OCH3 is 1. The van der Waals surface area contributed by atoms with Crippen LogP contribution in [0.1, 0.15) is 48.0 Å². The molecule has 2 aliphatic rings. The molecule has 2 fully saturated rings. The summed E-state index contributed by atoms with van der Waals surface area (Å²) >= 11 is 0. The number of carbonyl (C=O) groups excluding carboxylic acids is 1. The van der Waals surface area contributed by atoms with E-state index < -0.39 is 0 Å². The highest BCUT2D eigenvalue weighted by Gasteiger charge is 2.47. The third-order valence-corrected chi connectivity index (χ3v) is 4.53. The Hall–Kier alpha value is -1.77. The first-order valence-electron chi connectivity index (χ1n) is 7.24. The van der Waals surface area contributed by atoms with E-state index in [1.165, 1.54) is 12.8 Å². The number of benzene rings is 1. The van der Waals surface area contributed by atoms with Gasteiger partial charge in [0.05, 0.1) is 18.9 Å². The summed E-state index contributed by atoms with van der Waals surface area (Å²) in [4.78, 5) is 12.2. The van der Waals surface area contributed by atoms with Gasteiger partial charge in [-0.3, -0.25) is 0 Å². The van der Waals surface area contributed by atoms with Crippen molar-refractivity contribution < 1.29 is 14.3 Å². The maximum Gasteiger partial charge on any atom is 0.338 e. The van der Waals surface area contributed by atoms with Crippen LogP contribution in [-0.2, 0) is 9.47 Å². The minimum absolute atomic E-state index is 0.156. The molecule has 0 N–H and O–H groups in total. The number of hydrogen-bond acceptors (Lipinski definition) is 3. The van der Waals surface area contributed by atoms with Crippen molar-refractivity contribution in [3.8, 4) is 0 Å². The Kier molecular flexibility index (Phi) is 3.51. The van der Waals surface area contributed by atoms with Gasteiger partial charge in [0.15, 0.2) is 0 Å². The van der Waals surface area contributed by atoms with E-state index in [0.717, 1.165) is 30.7 Å². The summed E-state index contributed by atoms with van der Waals surface area (Å²) in [6.07, 6.45) is 9.04. The third kappa shape index (κ3) is 2.58. The molecule has 0 atom stereocenters. The van der Waals surface area contributed by atoms with Crippen LogP contribution < -0.4 is 0 Å². The lowest BCUT2D eigenvalue weighted by atomic mass is 9.97. The van der Waals surface area contributed by atoms with Crippen LogP contribution in [0.5, 0.6) is 0 Å². The molecule has 1 aromatic rings. The molecule has 0 aromatic heterocycles. The van der Waals surface area contributed by atoms with E-state index in [1.807, 2.05) is 30.3 Å². The SMILES string of the molecule is COC=Cc1ccc(C(=O)OC23CCC(CC2)C3)cc1. The van der Waals surface area contributed by atoms with Crippen LogP contribution in [0.2, 0.25) is 0 Å². The quantitative estimate of drug-likeness (QED) is 0.618. The molecule has 0 spiro atoms. The zero-order chi connectivity index (χ0) is 14.0. The molecular formula is C17H20O3. The van der Waals surface area contributed by atoms with Crippen LogP contribution in [0, 0.1) is 5.92 Å². The van der Waals surface area contributed by atoms with E-state index in [-0.39, 0.29) is 11.6 Å². The molecular weight excluding hydrogens is 252 g/mol. The lowest BCUT2D eigenvalue weighted by Gasteiger charge is -2.26. The Labute approximate surface area is 119 Å². The number of carbonyl (C=O) groups is 1. The minimum Gasteiger partial charge on any atom is -0.504 e. The molecule has 0 amide bonds. The molecule has 2 bridgehead atoms. The third-order valence-electron chi connectivity index (χ3n) is 4.53. The fourth-order valence-corrected chi connectivity index (χ4v) is 3.41. The zero-order valence-electron chi connectivity index (χ0n) is 11.8. The Morgan fingerprint density at radius 3 is 2.50 bits per heavy atom. The van der Waals surface area contributed by atoms with Gasteiger partial charge in [0.25, 0.3) is 0 Å². The predicted octanol–water partition coefficient (Wildman–Crippen LogP) is 3.79. The van der Waals surface area contributed by atoms with Crippen molar-refractivity contribution in [1.29, 1.82) is 0 Å². The van der Waals surface area contributed by atoms with E-state index in [2.05, 4.69) is 0 Å². The van der Waals surface area contributed by atoms with Crippen LogP contribution >= 0.6 is 0 Å². The fourth-order valence-electron chi connectivity index (χ4n) is 3.41. The van der Waals surface area contributed by atoms with Crippen molar-refractivity contribution in [3.63, 3.8) is 0 Å². The van der Waals surface area contributed by atoms with Gasteiger partial charge in [-0.25, -0.2) is 4.79 Å². The van der Waals surface area contributed by atoms with E-state index in [1.54, 1.807) is 13.4 Å². The maximum atomic E-state index is 12.2. The number of fused-ring (bicyclic) bond motifs is 2. The number of rotatable bonds is 4. The second kappa shape index (κ2) is 5.31. The average molecular weight is 272 g/mol. The molecule has 3 nitrogen and oxygen atoms in total. The number of hydrogen-bond donors (Lipinski definition) is 0. The highest BCUT2D eigenvalue weighted by atomic mass is 16.6. The summed E-state index contributed by atoms with van der Waals surface area (Å²) in [5.74, 6) is 0.596. The molecule has 2 saturated carbocycles. The van der Waals surface area contributed by atoms with Gasteiger partial charge in [0.2, 0.25) is 0 Å². The highest BCUT2D eigenvalue weighted by Crippen LogP contribution is 2.50. The smallest absolute Gasteiger partial charge is 0.338 e. The second-order valence-corrected chi connectivity index (χ2v) is 5.88. The summed E-state index contributed by atoms with van der Waals surface area (Å²) in [5.41, 5.74) is 1.48. The molecule has 0 aliphatic heterocycles. The van der Waals surface area contributed by atoms with Gasteiger partial charge in [0.1, 0.15) is 5.60 Å². The molecule has 106 valence electrons. The lowest BCUT2D eigenvalue weighted by Crippen LogP contribution is -2.30. The molecule has 3 rings (SSSR count). The van der Waals surface area contributed by atoms with Crippen molar-refractivity contribution in [2.45, 2.75) is 37.7 Å². The predicted molar refractivity (Wildman–Crippen MR) is 77.2 cm³/mol. The van der Waals surface area contributed by atoms with Gasteiger partial charge >= 0.3 is 5.97 Å². The largest absolute Gasteiger partial charge is 0.504 e. The van der Waals surface area contributed by atoms with Gasteiger partial charge in [-0.1, -0.05) is 12.1 Å². The normalized spacial score (nSPS) is 27.9. The van der Waals surface area contributed by atoms with Crippen molar-refractivity contribution in [1.82, 2.24) is 0 Å². The van der Waals surface area contributed by atoms with E-state index in [4.69, 9.17) is 9.47 Å². The number of ether oxygens (including phenoxy) is 2. The van der Waals surface area contributed by atoms with Crippen LogP contribution in [0.25, 0.3) is 6.08 Å². The van der Waals surface area contributed by atoms with Crippen LogP contribution in [-0.4, -0.2) is 18.7 Å². The van der Waals surface area contributed by atoms with E-state index in [0.29, 0.717) is 5.56 Å². The molecule has 20 heavy (non-hydrogen) atoms. The van der Waals surface area contributed by atoms with Crippen LogP contribution in [0.3, 0.4) is 0 Å². The van der Waals surface area contributed by atoms with Gasteiger partial charge < -0.3 is 9.47 Å². The molecule has 2 aliphatic carbocycles. The van der Waals surface area contributed by atoms with Gasteiger partial charge in [-0.2, -0.15) is 0 Å². The first-order valence-corrected chi connectivity index (χ1v) is 7.24. The van der Waals surface area contributed by atoms with Crippen LogP contribution in [0.4, 0.5) is 0 Å². The maximum absolute atomic E-state index is 12.2. The summed E-state index contributed by atoms with van der Waals surface area (Å²) in [6.45, 7) is 0. The van der Waals surface area contributed by atoms with E-state index >= 15 is 0 Å². The van der Waals surface area contributed by atoms with Crippen LogP contribution in [0.15, 0.2) is 30.5 Å². The Bertz CT molecular complexity index is 508. The topological polar surface area (TPSA) is 35.5 Å². The Balaban J connectivity index is 1.66. The monoisotopic (exact) mass is 272 g/mol. The summed E-state index contributed by atoms with van der Waals surface area (Å²) in [5, 5.41) is 0. The molecule has 0 heterocycles. The van der Waals surface area contributed by atoms with Gasteiger partial charge in [-0.15, -0.1) is 0 Å². The van der Waals surface area contributed by atoms with Crippen molar-refractivity contribution in [3.05, 3.63) is 41.7 Å². The fraction of sp³-hybridized carbons (Fsp3) is 0.471. The summed E-state index contributed by atoms with van der Waals surface area (Å²) < 4.78 is 10.7. The zero-order valence-corrected chi connectivity index (χ0v) is 11.8. The molecule has 0 radical (unpaired) electrons. The first kappa shape index (κ1) is 13.2.